The quantitative estimate of drug-likeness (QED) is 0.667. The molecule has 0 unspecified atom stereocenters. The largest absolute Gasteiger partial charge is 0.508 e. The molecule has 0 atom stereocenters. The summed E-state index contributed by atoms with van der Waals surface area (Å²) in [6.45, 7) is 0. The van der Waals surface area contributed by atoms with Crippen LogP contribution in [0.25, 0.3) is 11.0 Å². The number of phenols is 1. The predicted octanol–water partition coefficient (Wildman–Crippen LogP) is 1.83. The van der Waals surface area contributed by atoms with Crippen molar-refractivity contribution in [2.45, 2.75) is 0 Å². The van der Waals surface area contributed by atoms with Crippen molar-refractivity contribution < 1.29 is 5.11 Å². The van der Waals surface area contributed by atoms with Crippen LogP contribution in [0.1, 0.15) is 0 Å². The lowest BCUT2D eigenvalue weighted by molar-refractivity contribution is 0.475. The number of pyridine rings is 1. The zero-order chi connectivity index (χ0) is 14.2. The number of aromatic nitrogens is 2. The summed E-state index contributed by atoms with van der Waals surface area (Å²) < 4.78 is 0. The SMILES string of the molecule is Oc1cccc(N2[C]=NNN2c2c[nH]c3ncccc23)c1. The van der Waals surface area contributed by atoms with Gasteiger partial charge >= 0.3 is 0 Å². The number of phenolic OH excluding ortho intramolecular Hbond substituents is 1. The van der Waals surface area contributed by atoms with Gasteiger partial charge in [-0.15, -0.1) is 5.10 Å². The van der Waals surface area contributed by atoms with Crippen molar-refractivity contribution in [3.63, 3.8) is 0 Å². The minimum Gasteiger partial charge on any atom is -0.508 e. The fourth-order valence-electron chi connectivity index (χ4n) is 2.28. The average Bonchev–Trinajstić information content (AvgIpc) is 3.13. The van der Waals surface area contributed by atoms with Gasteiger partial charge in [0.05, 0.1) is 5.69 Å². The van der Waals surface area contributed by atoms with Gasteiger partial charge in [0.25, 0.3) is 0 Å². The molecule has 0 bridgehead atoms. The van der Waals surface area contributed by atoms with Gasteiger partial charge < -0.3 is 10.1 Å². The molecule has 1 aliphatic heterocycles. The molecule has 3 N–H and O–H groups in total. The standard InChI is InChI=1S/C14H11N6O/c21-11-4-1-3-10(7-11)19-9-17-18-20(19)13-8-16-14-12(13)5-2-6-15-14/h1-8,18,21H,(H,15,16). The van der Waals surface area contributed by atoms with E-state index in [2.05, 4.69) is 26.9 Å². The third kappa shape index (κ3) is 1.83. The lowest BCUT2D eigenvalue weighted by atomic mass is 10.3. The molecule has 0 saturated heterocycles. The first-order chi connectivity index (χ1) is 10.3. The van der Waals surface area contributed by atoms with Crippen LogP contribution in [-0.4, -0.2) is 21.4 Å². The summed E-state index contributed by atoms with van der Waals surface area (Å²) in [5.41, 5.74) is 5.25. The molecule has 0 spiro atoms. The molecule has 2 aromatic heterocycles. The lowest BCUT2D eigenvalue weighted by Gasteiger charge is -2.26. The van der Waals surface area contributed by atoms with Crippen molar-refractivity contribution in [2.75, 3.05) is 10.1 Å². The van der Waals surface area contributed by atoms with Gasteiger partial charge in [-0.2, -0.15) is 10.7 Å². The summed E-state index contributed by atoms with van der Waals surface area (Å²) in [5.74, 6) is 0.182. The fraction of sp³-hybridized carbons (Fsp3) is 0. The molecule has 0 aliphatic carbocycles. The molecule has 0 fully saturated rings. The average molecular weight is 279 g/mol. The van der Waals surface area contributed by atoms with Crippen molar-refractivity contribution in [1.82, 2.24) is 15.5 Å². The number of aromatic hydroxyl groups is 1. The molecule has 4 rings (SSSR count). The number of benzene rings is 1. The smallest absolute Gasteiger partial charge is 0.222 e. The molecule has 1 aromatic carbocycles. The van der Waals surface area contributed by atoms with Crippen LogP contribution in [0.4, 0.5) is 11.4 Å². The number of H-pyrrole nitrogens is 1. The second-order valence-electron chi connectivity index (χ2n) is 4.53. The number of rotatable bonds is 2. The van der Waals surface area contributed by atoms with Gasteiger partial charge in [0.2, 0.25) is 6.34 Å². The molecule has 0 saturated carbocycles. The molecule has 1 aliphatic rings. The normalized spacial score (nSPS) is 13.9. The number of hydrazine groups is 2. The summed E-state index contributed by atoms with van der Waals surface area (Å²) >= 11 is 0. The maximum Gasteiger partial charge on any atom is 0.222 e. The second-order valence-corrected chi connectivity index (χ2v) is 4.53. The van der Waals surface area contributed by atoms with Crippen LogP contribution in [0.3, 0.4) is 0 Å². The maximum atomic E-state index is 9.62. The van der Waals surface area contributed by atoms with Crippen LogP contribution in [0.2, 0.25) is 0 Å². The Morgan fingerprint density at radius 2 is 2.14 bits per heavy atom. The third-order valence-electron chi connectivity index (χ3n) is 3.22. The Labute approximate surface area is 120 Å². The van der Waals surface area contributed by atoms with Crippen LogP contribution in [0, 0.1) is 0 Å². The van der Waals surface area contributed by atoms with E-state index in [-0.39, 0.29) is 5.75 Å². The number of hydrazone groups is 1. The van der Waals surface area contributed by atoms with Crippen LogP contribution < -0.4 is 15.7 Å². The number of nitrogens with zero attached hydrogens (tertiary/aromatic N) is 4. The molecule has 103 valence electrons. The Balaban J connectivity index is 1.78. The van der Waals surface area contributed by atoms with Crippen molar-refractivity contribution in [2.24, 2.45) is 5.10 Å². The number of fused-ring (bicyclic) bond motifs is 1. The lowest BCUT2D eigenvalue weighted by Crippen LogP contribution is -2.43. The van der Waals surface area contributed by atoms with E-state index in [0.717, 1.165) is 22.4 Å². The first-order valence-electron chi connectivity index (χ1n) is 6.35. The molecule has 0 amide bonds. The van der Waals surface area contributed by atoms with Crippen molar-refractivity contribution >= 4 is 28.7 Å². The molecular weight excluding hydrogens is 268 g/mol. The van der Waals surface area contributed by atoms with Crippen LogP contribution >= 0.6 is 0 Å². The molecule has 7 nitrogen and oxygen atoms in total. The number of anilines is 2. The highest BCUT2D eigenvalue weighted by atomic mass is 16.3. The van der Waals surface area contributed by atoms with Gasteiger partial charge in [0.1, 0.15) is 17.1 Å². The summed E-state index contributed by atoms with van der Waals surface area (Å²) in [6.07, 6.45) is 6.40. The van der Waals surface area contributed by atoms with E-state index in [1.807, 2.05) is 24.4 Å². The topological polar surface area (TPSA) is 79.8 Å². The molecule has 7 heteroatoms. The first-order valence-corrected chi connectivity index (χ1v) is 6.35. The highest BCUT2D eigenvalue weighted by molar-refractivity contribution is 5.94. The number of aromatic amines is 1. The van der Waals surface area contributed by atoms with Crippen molar-refractivity contribution in [3.8, 4) is 5.75 Å². The zero-order valence-corrected chi connectivity index (χ0v) is 10.9. The second kappa shape index (κ2) is 4.41. The number of nitrogens with one attached hydrogen (secondary N) is 2. The fourth-order valence-corrected chi connectivity index (χ4v) is 2.28. The van der Waals surface area contributed by atoms with E-state index in [1.54, 1.807) is 34.5 Å². The Kier molecular flexibility index (Phi) is 2.43. The van der Waals surface area contributed by atoms with E-state index < -0.39 is 0 Å². The predicted molar refractivity (Wildman–Crippen MR) is 79.7 cm³/mol. The summed E-state index contributed by atoms with van der Waals surface area (Å²) in [4.78, 5) is 7.38. The van der Waals surface area contributed by atoms with Crippen LogP contribution in [0.15, 0.2) is 53.9 Å². The van der Waals surface area contributed by atoms with E-state index in [1.165, 1.54) is 0 Å². The van der Waals surface area contributed by atoms with E-state index in [4.69, 9.17) is 0 Å². The van der Waals surface area contributed by atoms with Crippen molar-refractivity contribution in [1.29, 1.82) is 0 Å². The first kappa shape index (κ1) is 11.6. The van der Waals surface area contributed by atoms with E-state index >= 15 is 0 Å². The summed E-state index contributed by atoms with van der Waals surface area (Å²) in [6, 6.07) is 10.7. The third-order valence-corrected chi connectivity index (χ3v) is 3.22. The Morgan fingerprint density at radius 3 is 3.05 bits per heavy atom. The maximum absolute atomic E-state index is 9.62. The number of hydrogen-bond donors (Lipinski definition) is 3. The minimum absolute atomic E-state index is 0.182. The molecule has 3 heterocycles. The Hall–Kier alpha value is -3.22. The summed E-state index contributed by atoms with van der Waals surface area (Å²) in [7, 11) is 0. The summed E-state index contributed by atoms with van der Waals surface area (Å²) in [5, 5.41) is 17.9. The van der Waals surface area contributed by atoms with Crippen molar-refractivity contribution in [3.05, 3.63) is 48.8 Å². The van der Waals surface area contributed by atoms with Gasteiger partial charge in [0, 0.05) is 23.8 Å². The van der Waals surface area contributed by atoms with Gasteiger partial charge in [-0.1, -0.05) is 6.07 Å². The van der Waals surface area contributed by atoms with E-state index in [0.29, 0.717) is 0 Å². The van der Waals surface area contributed by atoms with Gasteiger partial charge in [-0.05, 0) is 24.3 Å². The van der Waals surface area contributed by atoms with Gasteiger partial charge in [-0.25, -0.2) is 9.99 Å². The molecule has 21 heavy (non-hydrogen) atoms. The highest BCUT2D eigenvalue weighted by Crippen LogP contribution is 2.29. The monoisotopic (exact) mass is 279 g/mol. The highest BCUT2D eigenvalue weighted by Gasteiger charge is 2.23. The van der Waals surface area contributed by atoms with E-state index in [9.17, 15) is 5.11 Å². The zero-order valence-electron chi connectivity index (χ0n) is 10.9. The van der Waals surface area contributed by atoms with Gasteiger partial charge in [0.15, 0.2) is 0 Å². The Morgan fingerprint density at radius 1 is 1.19 bits per heavy atom. The molecule has 1 radical (unpaired) electrons. The Bertz CT molecular complexity index is 827. The molecule has 3 aromatic rings. The molecular formula is C14H11N6O. The van der Waals surface area contributed by atoms with Crippen LogP contribution in [-0.2, 0) is 0 Å². The van der Waals surface area contributed by atoms with Gasteiger partial charge in [-0.3, -0.25) is 0 Å². The minimum atomic E-state index is 0.182. The van der Waals surface area contributed by atoms with Crippen LogP contribution in [0.5, 0.6) is 5.75 Å². The number of hydrogen-bond acceptors (Lipinski definition) is 6.